The molecule has 1 fully saturated rings. The minimum absolute atomic E-state index is 0.127. The van der Waals surface area contributed by atoms with Crippen LogP contribution < -0.4 is 0 Å². The predicted molar refractivity (Wildman–Crippen MR) is 110 cm³/mol. The average molecular weight is 394 g/mol. The Kier molecular flexibility index (Phi) is 5.39. The van der Waals surface area contributed by atoms with Crippen molar-refractivity contribution in [3.05, 3.63) is 54.1 Å². The Morgan fingerprint density at radius 2 is 1.82 bits per heavy atom. The van der Waals surface area contributed by atoms with Gasteiger partial charge in [0.25, 0.3) is 5.91 Å². The first-order valence-electron chi connectivity index (χ1n) is 9.51. The van der Waals surface area contributed by atoms with Crippen LogP contribution in [0, 0.1) is 5.92 Å². The van der Waals surface area contributed by atoms with Gasteiger partial charge in [-0.15, -0.1) is 11.3 Å². The molecule has 0 spiro atoms. The van der Waals surface area contributed by atoms with Gasteiger partial charge in [0.2, 0.25) is 0 Å². The molecule has 6 heteroatoms. The average Bonchev–Trinajstić information content (AvgIpc) is 3.16. The van der Waals surface area contributed by atoms with E-state index in [0.717, 1.165) is 46.7 Å². The van der Waals surface area contributed by atoms with E-state index in [1.54, 1.807) is 17.0 Å². The van der Waals surface area contributed by atoms with Crippen LogP contribution in [-0.4, -0.2) is 41.5 Å². The zero-order valence-electron chi connectivity index (χ0n) is 15.8. The summed E-state index contributed by atoms with van der Waals surface area (Å²) >= 11 is 1.54. The molecule has 1 aromatic heterocycles. The van der Waals surface area contributed by atoms with Crippen molar-refractivity contribution in [2.75, 3.05) is 19.7 Å². The number of fused-ring (bicyclic) bond motifs is 1. The third-order valence-electron chi connectivity index (χ3n) is 5.13. The number of ether oxygens (including phenoxy) is 1. The molecule has 3 aromatic rings. The van der Waals surface area contributed by atoms with Crippen molar-refractivity contribution in [1.29, 1.82) is 0 Å². The van der Waals surface area contributed by atoms with Crippen LogP contribution in [0.5, 0.6) is 0 Å². The minimum atomic E-state index is -0.492. The van der Waals surface area contributed by atoms with Crippen LogP contribution in [0.3, 0.4) is 0 Å². The van der Waals surface area contributed by atoms with Crippen molar-refractivity contribution in [3.63, 3.8) is 0 Å². The lowest BCUT2D eigenvalue weighted by Gasteiger charge is -2.30. The van der Waals surface area contributed by atoms with Crippen LogP contribution in [0.15, 0.2) is 48.5 Å². The van der Waals surface area contributed by atoms with Crippen molar-refractivity contribution in [1.82, 2.24) is 9.88 Å². The predicted octanol–water partition coefficient (Wildman–Crippen LogP) is 4.38. The first kappa shape index (κ1) is 18.6. The van der Waals surface area contributed by atoms with Crippen LogP contribution >= 0.6 is 11.3 Å². The molecule has 0 saturated carbocycles. The Balaban J connectivity index is 1.48. The van der Waals surface area contributed by atoms with E-state index in [9.17, 15) is 9.59 Å². The summed E-state index contributed by atoms with van der Waals surface area (Å²) in [6, 6.07) is 15.1. The molecular weight excluding hydrogens is 372 g/mol. The fourth-order valence-corrected chi connectivity index (χ4v) is 4.39. The number of piperidine rings is 1. The van der Waals surface area contributed by atoms with Gasteiger partial charge in [0.05, 0.1) is 15.8 Å². The number of para-hydroxylation sites is 1. The van der Waals surface area contributed by atoms with Gasteiger partial charge in [0.1, 0.15) is 5.01 Å². The third-order valence-corrected chi connectivity index (χ3v) is 6.20. The van der Waals surface area contributed by atoms with Gasteiger partial charge in [-0.1, -0.05) is 37.3 Å². The molecule has 2 aromatic carbocycles. The molecule has 1 aliphatic heterocycles. The maximum Gasteiger partial charge on any atom is 0.339 e. The fraction of sp³-hybridized carbons (Fsp3) is 0.318. The molecule has 1 aliphatic rings. The van der Waals surface area contributed by atoms with Gasteiger partial charge in [-0.3, -0.25) is 4.79 Å². The number of carbonyl (C=O) groups is 2. The Labute approximate surface area is 168 Å². The SMILES string of the molecule is CC1CCN(C(=O)COC(=O)c2ccccc2-c2nc3ccccc3s2)CC1. The van der Waals surface area contributed by atoms with Gasteiger partial charge in [0.15, 0.2) is 6.61 Å². The van der Waals surface area contributed by atoms with Gasteiger partial charge < -0.3 is 9.64 Å². The van der Waals surface area contributed by atoms with E-state index in [4.69, 9.17) is 4.74 Å². The first-order chi connectivity index (χ1) is 13.6. The summed E-state index contributed by atoms with van der Waals surface area (Å²) in [5, 5.41) is 0.769. The Bertz CT molecular complexity index is 973. The quantitative estimate of drug-likeness (QED) is 0.616. The molecular formula is C22H22N2O3S. The highest BCUT2D eigenvalue weighted by Crippen LogP contribution is 2.32. The summed E-state index contributed by atoms with van der Waals surface area (Å²) in [5.74, 6) is 0.0265. The van der Waals surface area contributed by atoms with Crippen molar-refractivity contribution in [2.45, 2.75) is 19.8 Å². The van der Waals surface area contributed by atoms with Crippen molar-refractivity contribution < 1.29 is 14.3 Å². The summed E-state index contributed by atoms with van der Waals surface area (Å²) in [5.41, 5.74) is 2.06. The van der Waals surface area contributed by atoms with E-state index in [0.29, 0.717) is 11.5 Å². The van der Waals surface area contributed by atoms with Gasteiger partial charge in [-0.25, -0.2) is 9.78 Å². The number of thiazole rings is 1. The van der Waals surface area contributed by atoms with Crippen molar-refractivity contribution in [3.8, 4) is 10.6 Å². The van der Waals surface area contributed by atoms with Crippen LogP contribution in [-0.2, 0) is 9.53 Å². The van der Waals surface area contributed by atoms with Crippen molar-refractivity contribution in [2.24, 2.45) is 5.92 Å². The van der Waals surface area contributed by atoms with E-state index < -0.39 is 5.97 Å². The molecule has 0 aliphatic carbocycles. The largest absolute Gasteiger partial charge is 0.452 e. The second-order valence-electron chi connectivity index (χ2n) is 7.17. The zero-order valence-corrected chi connectivity index (χ0v) is 16.6. The molecule has 1 amide bonds. The molecule has 1 saturated heterocycles. The third kappa shape index (κ3) is 3.92. The van der Waals surface area contributed by atoms with Gasteiger partial charge in [-0.2, -0.15) is 0 Å². The lowest BCUT2D eigenvalue weighted by molar-refractivity contribution is -0.135. The highest BCUT2D eigenvalue weighted by Gasteiger charge is 2.22. The fourth-order valence-electron chi connectivity index (χ4n) is 3.39. The van der Waals surface area contributed by atoms with E-state index in [1.807, 2.05) is 36.4 Å². The number of rotatable bonds is 4. The Hall–Kier alpha value is -2.73. The van der Waals surface area contributed by atoms with Crippen LogP contribution in [0.1, 0.15) is 30.1 Å². The van der Waals surface area contributed by atoms with Crippen LogP contribution in [0.2, 0.25) is 0 Å². The standard InChI is InChI=1S/C22H22N2O3S/c1-15-10-12-24(13-11-15)20(25)14-27-22(26)17-7-3-2-6-16(17)21-23-18-8-4-5-9-19(18)28-21/h2-9,15H,10-14H2,1H3. The highest BCUT2D eigenvalue weighted by molar-refractivity contribution is 7.21. The lowest BCUT2D eigenvalue weighted by Crippen LogP contribution is -2.40. The summed E-state index contributed by atoms with van der Waals surface area (Å²) in [6.45, 7) is 3.45. The number of hydrogen-bond acceptors (Lipinski definition) is 5. The molecule has 2 heterocycles. The summed E-state index contributed by atoms with van der Waals surface area (Å²) in [7, 11) is 0. The second-order valence-corrected chi connectivity index (χ2v) is 8.20. The lowest BCUT2D eigenvalue weighted by atomic mass is 9.99. The molecule has 0 atom stereocenters. The topological polar surface area (TPSA) is 59.5 Å². The smallest absolute Gasteiger partial charge is 0.339 e. The van der Waals surface area contributed by atoms with Crippen LogP contribution in [0.4, 0.5) is 0 Å². The van der Waals surface area contributed by atoms with Gasteiger partial charge in [-0.05, 0) is 37.0 Å². The number of likely N-dealkylation sites (tertiary alicyclic amines) is 1. The summed E-state index contributed by atoms with van der Waals surface area (Å²) in [4.78, 5) is 31.5. The van der Waals surface area contributed by atoms with E-state index >= 15 is 0 Å². The molecule has 144 valence electrons. The summed E-state index contributed by atoms with van der Waals surface area (Å²) < 4.78 is 6.42. The maximum atomic E-state index is 12.7. The minimum Gasteiger partial charge on any atom is -0.452 e. The first-order valence-corrected chi connectivity index (χ1v) is 10.3. The van der Waals surface area contributed by atoms with Gasteiger partial charge >= 0.3 is 5.97 Å². The molecule has 0 unspecified atom stereocenters. The van der Waals surface area contributed by atoms with E-state index in [2.05, 4.69) is 11.9 Å². The number of esters is 1. The zero-order chi connectivity index (χ0) is 19.5. The monoisotopic (exact) mass is 394 g/mol. The van der Waals surface area contributed by atoms with Gasteiger partial charge in [0, 0.05) is 18.7 Å². The molecule has 0 radical (unpaired) electrons. The number of aromatic nitrogens is 1. The molecule has 0 bridgehead atoms. The van der Waals surface area contributed by atoms with E-state index in [-0.39, 0.29) is 12.5 Å². The molecule has 4 rings (SSSR count). The number of carbonyl (C=O) groups excluding carboxylic acids is 2. The Morgan fingerprint density at radius 1 is 1.11 bits per heavy atom. The van der Waals surface area contributed by atoms with Crippen LogP contribution in [0.25, 0.3) is 20.8 Å². The Morgan fingerprint density at radius 3 is 2.61 bits per heavy atom. The number of benzene rings is 2. The van der Waals surface area contributed by atoms with E-state index in [1.165, 1.54) is 11.3 Å². The molecule has 28 heavy (non-hydrogen) atoms. The number of hydrogen-bond donors (Lipinski definition) is 0. The highest BCUT2D eigenvalue weighted by atomic mass is 32.1. The second kappa shape index (κ2) is 8.10. The van der Waals surface area contributed by atoms with Crippen molar-refractivity contribution >= 4 is 33.4 Å². The number of nitrogens with zero attached hydrogens (tertiary/aromatic N) is 2. The molecule has 5 nitrogen and oxygen atoms in total. The number of amides is 1. The molecule has 0 N–H and O–H groups in total. The normalized spacial score (nSPS) is 15.0. The maximum absolute atomic E-state index is 12.7. The summed E-state index contributed by atoms with van der Waals surface area (Å²) in [6.07, 6.45) is 2.00.